The van der Waals surface area contributed by atoms with E-state index in [-0.39, 0.29) is 0 Å². The zero-order valence-electron chi connectivity index (χ0n) is 10.2. The number of nitrogens with zero attached hydrogens (tertiary/aromatic N) is 4. The first-order chi connectivity index (χ1) is 8.81. The molecule has 1 N–H and O–H groups in total. The zero-order chi connectivity index (χ0) is 12.4. The third-order valence-electron chi connectivity index (χ3n) is 3.03. The average Bonchev–Trinajstić information content (AvgIpc) is 2.98. The first-order valence-electron chi connectivity index (χ1n) is 6.01. The van der Waals surface area contributed by atoms with Gasteiger partial charge in [-0.05, 0) is 13.3 Å². The van der Waals surface area contributed by atoms with E-state index in [0.717, 1.165) is 36.2 Å². The molecule has 1 saturated heterocycles. The molecule has 0 bridgehead atoms. The zero-order valence-corrected chi connectivity index (χ0v) is 11.0. The van der Waals surface area contributed by atoms with Gasteiger partial charge in [0.2, 0.25) is 0 Å². The van der Waals surface area contributed by atoms with Crippen LogP contribution < -0.4 is 10.2 Å². The SMILES string of the molecule is Cc1cc(NC2CCN(c3nccs3)C2)ncn1. The number of rotatable bonds is 3. The molecule has 0 spiro atoms. The second-order valence-electron chi connectivity index (χ2n) is 4.44. The van der Waals surface area contributed by atoms with Crippen LogP contribution in [0.15, 0.2) is 24.0 Å². The van der Waals surface area contributed by atoms with Crippen molar-refractivity contribution in [1.82, 2.24) is 15.0 Å². The Morgan fingerprint density at radius 2 is 2.33 bits per heavy atom. The summed E-state index contributed by atoms with van der Waals surface area (Å²) in [5, 5.41) is 6.58. The van der Waals surface area contributed by atoms with Crippen molar-refractivity contribution in [2.45, 2.75) is 19.4 Å². The summed E-state index contributed by atoms with van der Waals surface area (Å²) < 4.78 is 0. The Morgan fingerprint density at radius 3 is 3.11 bits per heavy atom. The van der Waals surface area contributed by atoms with Crippen molar-refractivity contribution in [1.29, 1.82) is 0 Å². The summed E-state index contributed by atoms with van der Waals surface area (Å²) in [6.07, 6.45) is 4.57. The quantitative estimate of drug-likeness (QED) is 0.915. The molecule has 94 valence electrons. The maximum atomic E-state index is 4.34. The normalized spacial score (nSPS) is 19.2. The van der Waals surface area contributed by atoms with E-state index >= 15 is 0 Å². The molecule has 1 atom stereocenters. The lowest BCUT2D eigenvalue weighted by atomic mass is 10.2. The number of anilines is 2. The van der Waals surface area contributed by atoms with Crippen LogP contribution in [0.5, 0.6) is 0 Å². The van der Waals surface area contributed by atoms with Crippen molar-refractivity contribution < 1.29 is 0 Å². The molecule has 2 aromatic rings. The van der Waals surface area contributed by atoms with Gasteiger partial charge < -0.3 is 10.2 Å². The number of thiazole rings is 1. The Hall–Kier alpha value is -1.69. The fourth-order valence-corrected chi connectivity index (χ4v) is 2.85. The molecule has 1 unspecified atom stereocenters. The van der Waals surface area contributed by atoms with Gasteiger partial charge in [-0.3, -0.25) is 0 Å². The monoisotopic (exact) mass is 261 g/mol. The molecule has 0 amide bonds. The highest BCUT2D eigenvalue weighted by molar-refractivity contribution is 7.13. The highest BCUT2D eigenvalue weighted by Crippen LogP contribution is 2.23. The van der Waals surface area contributed by atoms with Gasteiger partial charge in [-0.1, -0.05) is 0 Å². The molecule has 1 aliphatic heterocycles. The van der Waals surface area contributed by atoms with Gasteiger partial charge in [-0.15, -0.1) is 11.3 Å². The number of aryl methyl sites for hydroxylation is 1. The van der Waals surface area contributed by atoms with E-state index in [1.165, 1.54) is 0 Å². The van der Waals surface area contributed by atoms with E-state index in [1.807, 2.05) is 24.6 Å². The lowest BCUT2D eigenvalue weighted by Crippen LogP contribution is -2.26. The maximum Gasteiger partial charge on any atom is 0.185 e. The lowest BCUT2D eigenvalue weighted by molar-refractivity contribution is 0.798. The average molecular weight is 261 g/mol. The van der Waals surface area contributed by atoms with Gasteiger partial charge in [-0.2, -0.15) is 0 Å². The van der Waals surface area contributed by atoms with E-state index in [9.17, 15) is 0 Å². The van der Waals surface area contributed by atoms with Crippen LogP contribution in [-0.4, -0.2) is 34.1 Å². The van der Waals surface area contributed by atoms with Gasteiger partial charge in [0.05, 0.1) is 0 Å². The van der Waals surface area contributed by atoms with Crippen LogP contribution >= 0.6 is 11.3 Å². The minimum Gasteiger partial charge on any atom is -0.365 e. The van der Waals surface area contributed by atoms with Crippen molar-refractivity contribution in [3.8, 4) is 0 Å². The number of hydrogen-bond donors (Lipinski definition) is 1. The predicted octanol–water partition coefficient (Wildman–Crippen LogP) is 1.93. The van der Waals surface area contributed by atoms with Crippen molar-refractivity contribution >= 4 is 22.3 Å². The molecule has 2 aromatic heterocycles. The Bertz CT molecular complexity index is 513. The number of aromatic nitrogens is 3. The molecule has 0 saturated carbocycles. The molecule has 0 radical (unpaired) electrons. The third kappa shape index (κ3) is 2.43. The Morgan fingerprint density at radius 1 is 1.39 bits per heavy atom. The van der Waals surface area contributed by atoms with Crippen molar-refractivity contribution in [3.05, 3.63) is 29.7 Å². The van der Waals surface area contributed by atoms with Crippen molar-refractivity contribution in [3.63, 3.8) is 0 Å². The molecule has 6 heteroatoms. The van der Waals surface area contributed by atoms with Gasteiger partial charge in [0, 0.05) is 42.5 Å². The largest absolute Gasteiger partial charge is 0.365 e. The van der Waals surface area contributed by atoms with Crippen molar-refractivity contribution in [2.75, 3.05) is 23.3 Å². The Labute approximate surface area is 110 Å². The van der Waals surface area contributed by atoms with E-state index < -0.39 is 0 Å². The second kappa shape index (κ2) is 4.89. The van der Waals surface area contributed by atoms with Crippen LogP contribution in [0.3, 0.4) is 0 Å². The van der Waals surface area contributed by atoms with Gasteiger partial charge in [0.15, 0.2) is 5.13 Å². The second-order valence-corrected chi connectivity index (χ2v) is 5.31. The van der Waals surface area contributed by atoms with Crippen LogP contribution in [0.2, 0.25) is 0 Å². The van der Waals surface area contributed by atoms with Crippen LogP contribution in [0.25, 0.3) is 0 Å². The minimum atomic E-state index is 0.434. The number of hydrogen-bond acceptors (Lipinski definition) is 6. The first kappa shape index (κ1) is 11.4. The molecule has 18 heavy (non-hydrogen) atoms. The Kier molecular flexibility index (Phi) is 3.10. The molecule has 5 nitrogen and oxygen atoms in total. The molecule has 1 fully saturated rings. The predicted molar refractivity (Wildman–Crippen MR) is 73.1 cm³/mol. The van der Waals surface area contributed by atoms with Gasteiger partial charge in [-0.25, -0.2) is 15.0 Å². The van der Waals surface area contributed by atoms with E-state index in [0.29, 0.717) is 6.04 Å². The summed E-state index contributed by atoms with van der Waals surface area (Å²) in [7, 11) is 0. The van der Waals surface area contributed by atoms with Crippen LogP contribution in [0.4, 0.5) is 10.9 Å². The molecule has 0 aliphatic carbocycles. The molecular formula is C12H15N5S. The summed E-state index contributed by atoms with van der Waals surface area (Å²) in [5.41, 5.74) is 0.988. The molecule has 3 heterocycles. The molecule has 0 aromatic carbocycles. The van der Waals surface area contributed by atoms with Gasteiger partial charge >= 0.3 is 0 Å². The number of nitrogens with one attached hydrogen (secondary N) is 1. The minimum absolute atomic E-state index is 0.434. The van der Waals surface area contributed by atoms with Crippen molar-refractivity contribution in [2.24, 2.45) is 0 Å². The van der Waals surface area contributed by atoms with Crippen LogP contribution in [-0.2, 0) is 0 Å². The van der Waals surface area contributed by atoms with Gasteiger partial charge in [0.1, 0.15) is 12.1 Å². The highest BCUT2D eigenvalue weighted by Gasteiger charge is 2.24. The lowest BCUT2D eigenvalue weighted by Gasteiger charge is -2.16. The highest BCUT2D eigenvalue weighted by atomic mass is 32.1. The van der Waals surface area contributed by atoms with Gasteiger partial charge in [0.25, 0.3) is 0 Å². The molecule has 3 rings (SSSR count). The third-order valence-corrected chi connectivity index (χ3v) is 3.87. The van der Waals surface area contributed by atoms with Crippen LogP contribution in [0.1, 0.15) is 12.1 Å². The fraction of sp³-hybridized carbons (Fsp3) is 0.417. The molecule has 1 aliphatic rings. The Balaban J connectivity index is 1.63. The standard InChI is InChI=1S/C12H15N5S/c1-9-6-11(15-8-14-9)16-10-2-4-17(7-10)12-13-3-5-18-12/h3,5-6,8,10H,2,4,7H2,1H3,(H,14,15,16). The maximum absolute atomic E-state index is 4.34. The smallest absolute Gasteiger partial charge is 0.185 e. The fourth-order valence-electron chi connectivity index (χ4n) is 2.17. The topological polar surface area (TPSA) is 53.9 Å². The van der Waals surface area contributed by atoms with E-state index in [2.05, 4.69) is 25.2 Å². The summed E-state index contributed by atoms with van der Waals surface area (Å²) in [6.45, 7) is 4.01. The summed E-state index contributed by atoms with van der Waals surface area (Å²) in [4.78, 5) is 15.0. The summed E-state index contributed by atoms with van der Waals surface area (Å²) in [5.74, 6) is 0.911. The van der Waals surface area contributed by atoms with E-state index in [1.54, 1.807) is 17.7 Å². The molecular weight excluding hydrogens is 246 g/mol. The van der Waals surface area contributed by atoms with Crippen LogP contribution in [0, 0.1) is 6.92 Å². The summed E-state index contributed by atoms with van der Waals surface area (Å²) in [6, 6.07) is 2.41. The first-order valence-corrected chi connectivity index (χ1v) is 6.89. The van der Waals surface area contributed by atoms with E-state index in [4.69, 9.17) is 0 Å². The summed E-state index contributed by atoms with van der Waals surface area (Å²) >= 11 is 1.69.